The number of nitrogens with zero attached hydrogens (tertiary/aromatic N) is 3. The van der Waals surface area contributed by atoms with Crippen LogP contribution in [-0.4, -0.2) is 55.6 Å². The summed E-state index contributed by atoms with van der Waals surface area (Å²) in [6.45, 7) is 3.70. The molecule has 18 heavy (non-hydrogen) atoms. The van der Waals surface area contributed by atoms with Gasteiger partial charge in [-0.15, -0.1) is 0 Å². The van der Waals surface area contributed by atoms with Gasteiger partial charge in [0.15, 0.2) is 5.82 Å². The summed E-state index contributed by atoms with van der Waals surface area (Å²) in [5.41, 5.74) is 0. The standard InChI is InChI=1S/C12H21N3O3/c1-16-7-5-15(6-8-17-2)9-11-13-12(14-18-11)10-3-4-10/h10H,3-9H2,1-2H3. The van der Waals surface area contributed by atoms with Crippen molar-refractivity contribution >= 4 is 0 Å². The topological polar surface area (TPSA) is 60.6 Å². The third kappa shape index (κ3) is 4.04. The molecule has 0 saturated heterocycles. The Morgan fingerprint density at radius 2 is 1.89 bits per heavy atom. The molecule has 1 saturated carbocycles. The highest BCUT2D eigenvalue weighted by molar-refractivity contribution is 5.03. The molecule has 1 aliphatic carbocycles. The first-order valence-corrected chi connectivity index (χ1v) is 6.36. The molecule has 0 aromatic carbocycles. The van der Waals surface area contributed by atoms with Crippen LogP contribution in [0.1, 0.15) is 30.5 Å². The van der Waals surface area contributed by atoms with Crippen LogP contribution in [0.3, 0.4) is 0 Å². The Morgan fingerprint density at radius 3 is 2.44 bits per heavy atom. The smallest absolute Gasteiger partial charge is 0.240 e. The first-order valence-electron chi connectivity index (χ1n) is 6.36. The quantitative estimate of drug-likeness (QED) is 0.657. The highest BCUT2D eigenvalue weighted by atomic mass is 16.5. The van der Waals surface area contributed by atoms with Crippen molar-refractivity contribution in [1.82, 2.24) is 15.0 Å². The average molecular weight is 255 g/mol. The molecule has 1 fully saturated rings. The van der Waals surface area contributed by atoms with Crippen LogP contribution in [0.4, 0.5) is 0 Å². The Kier molecular flexibility index (Phi) is 5.10. The van der Waals surface area contributed by atoms with Gasteiger partial charge in [-0.05, 0) is 12.8 Å². The summed E-state index contributed by atoms with van der Waals surface area (Å²) < 4.78 is 15.5. The van der Waals surface area contributed by atoms with E-state index in [4.69, 9.17) is 14.0 Å². The lowest BCUT2D eigenvalue weighted by Crippen LogP contribution is -2.30. The molecule has 102 valence electrons. The van der Waals surface area contributed by atoms with E-state index in [1.807, 2.05) is 0 Å². The Labute approximate surface area is 107 Å². The molecule has 0 bridgehead atoms. The van der Waals surface area contributed by atoms with Gasteiger partial charge in [-0.2, -0.15) is 4.98 Å². The number of hydrogen-bond acceptors (Lipinski definition) is 6. The second-order valence-electron chi connectivity index (χ2n) is 4.58. The van der Waals surface area contributed by atoms with Crippen molar-refractivity contribution in [3.8, 4) is 0 Å². The highest BCUT2D eigenvalue weighted by Crippen LogP contribution is 2.38. The van der Waals surface area contributed by atoms with Gasteiger partial charge in [0.1, 0.15) is 0 Å². The molecule has 6 heteroatoms. The Balaban J connectivity index is 1.84. The summed E-state index contributed by atoms with van der Waals surface area (Å²) in [5.74, 6) is 2.08. The summed E-state index contributed by atoms with van der Waals surface area (Å²) in [6.07, 6.45) is 2.38. The molecular formula is C12H21N3O3. The van der Waals surface area contributed by atoms with Crippen molar-refractivity contribution in [1.29, 1.82) is 0 Å². The second-order valence-corrected chi connectivity index (χ2v) is 4.58. The van der Waals surface area contributed by atoms with Crippen LogP contribution < -0.4 is 0 Å². The largest absolute Gasteiger partial charge is 0.383 e. The van der Waals surface area contributed by atoms with E-state index in [0.717, 1.165) is 18.9 Å². The minimum Gasteiger partial charge on any atom is -0.383 e. The Morgan fingerprint density at radius 1 is 1.22 bits per heavy atom. The van der Waals surface area contributed by atoms with E-state index in [2.05, 4.69) is 15.0 Å². The maximum atomic E-state index is 5.27. The van der Waals surface area contributed by atoms with Crippen LogP contribution in [0.15, 0.2) is 4.52 Å². The van der Waals surface area contributed by atoms with E-state index in [-0.39, 0.29) is 0 Å². The second kappa shape index (κ2) is 6.82. The van der Waals surface area contributed by atoms with Gasteiger partial charge in [-0.25, -0.2) is 0 Å². The van der Waals surface area contributed by atoms with Gasteiger partial charge in [0.2, 0.25) is 5.89 Å². The molecule has 2 rings (SSSR count). The van der Waals surface area contributed by atoms with E-state index < -0.39 is 0 Å². The predicted octanol–water partition coefficient (Wildman–Crippen LogP) is 1.04. The number of methoxy groups -OCH3 is 2. The van der Waals surface area contributed by atoms with Crippen molar-refractivity contribution in [2.24, 2.45) is 0 Å². The normalized spacial score (nSPS) is 15.5. The van der Waals surface area contributed by atoms with Gasteiger partial charge < -0.3 is 14.0 Å². The molecule has 0 unspecified atom stereocenters. The van der Waals surface area contributed by atoms with Crippen LogP contribution in [0, 0.1) is 0 Å². The Bertz CT molecular complexity index is 344. The third-order valence-corrected chi connectivity index (χ3v) is 3.01. The average Bonchev–Trinajstić information content (AvgIpc) is 3.13. The van der Waals surface area contributed by atoms with E-state index >= 15 is 0 Å². The summed E-state index contributed by atoms with van der Waals surface area (Å²) in [5, 5.41) is 4.02. The van der Waals surface area contributed by atoms with Gasteiger partial charge in [0.05, 0.1) is 19.8 Å². The van der Waals surface area contributed by atoms with Gasteiger partial charge in [-0.1, -0.05) is 5.16 Å². The van der Waals surface area contributed by atoms with E-state index in [1.54, 1.807) is 14.2 Å². The molecule has 1 heterocycles. The summed E-state index contributed by atoms with van der Waals surface area (Å²) in [6, 6.07) is 0. The Hall–Kier alpha value is -0.980. The molecule has 0 amide bonds. The molecule has 1 aromatic rings. The van der Waals surface area contributed by atoms with Crippen LogP contribution in [0.2, 0.25) is 0 Å². The lowest BCUT2D eigenvalue weighted by atomic mass is 10.4. The minimum atomic E-state index is 0.536. The van der Waals surface area contributed by atoms with Gasteiger partial charge in [0.25, 0.3) is 0 Å². The summed E-state index contributed by atoms with van der Waals surface area (Å²) >= 11 is 0. The number of ether oxygens (including phenoxy) is 2. The first-order chi connectivity index (χ1) is 8.83. The van der Waals surface area contributed by atoms with Crippen LogP contribution in [0.5, 0.6) is 0 Å². The van der Waals surface area contributed by atoms with E-state index in [0.29, 0.717) is 31.6 Å². The van der Waals surface area contributed by atoms with Crippen molar-refractivity contribution in [2.45, 2.75) is 25.3 Å². The fraction of sp³-hybridized carbons (Fsp3) is 0.833. The fourth-order valence-corrected chi connectivity index (χ4v) is 1.74. The molecule has 0 atom stereocenters. The van der Waals surface area contributed by atoms with Gasteiger partial charge >= 0.3 is 0 Å². The highest BCUT2D eigenvalue weighted by Gasteiger charge is 2.28. The zero-order valence-electron chi connectivity index (χ0n) is 11.1. The van der Waals surface area contributed by atoms with Gasteiger partial charge in [0, 0.05) is 33.2 Å². The lowest BCUT2D eigenvalue weighted by molar-refractivity contribution is 0.103. The number of aromatic nitrogens is 2. The van der Waals surface area contributed by atoms with Crippen LogP contribution in [0.25, 0.3) is 0 Å². The SMILES string of the molecule is COCCN(CCOC)Cc1nc(C2CC2)no1. The third-order valence-electron chi connectivity index (χ3n) is 3.01. The molecule has 0 spiro atoms. The maximum Gasteiger partial charge on any atom is 0.240 e. The van der Waals surface area contributed by atoms with E-state index in [1.165, 1.54) is 12.8 Å². The van der Waals surface area contributed by atoms with Crippen LogP contribution >= 0.6 is 0 Å². The molecule has 6 nitrogen and oxygen atoms in total. The zero-order chi connectivity index (χ0) is 12.8. The number of hydrogen-bond donors (Lipinski definition) is 0. The molecule has 1 aromatic heterocycles. The fourth-order valence-electron chi connectivity index (χ4n) is 1.74. The number of rotatable bonds is 9. The molecule has 1 aliphatic rings. The first kappa shape index (κ1) is 13.5. The van der Waals surface area contributed by atoms with Crippen molar-refractivity contribution in [3.05, 3.63) is 11.7 Å². The predicted molar refractivity (Wildman–Crippen MR) is 65.3 cm³/mol. The molecule has 0 N–H and O–H groups in total. The van der Waals surface area contributed by atoms with Gasteiger partial charge in [-0.3, -0.25) is 4.90 Å². The van der Waals surface area contributed by atoms with Crippen molar-refractivity contribution in [2.75, 3.05) is 40.5 Å². The minimum absolute atomic E-state index is 0.536. The van der Waals surface area contributed by atoms with Crippen molar-refractivity contribution in [3.63, 3.8) is 0 Å². The lowest BCUT2D eigenvalue weighted by Gasteiger charge is -2.19. The van der Waals surface area contributed by atoms with E-state index in [9.17, 15) is 0 Å². The van der Waals surface area contributed by atoms with Crippen LogP contribution in [-0.2, 0) is 16.0 Å². The summed E-state index contributed by atoms with van der Waals surface area (Å²) in [7, 11) is 3.40. The zero-order valence-corrected chi connectivity index (χ0v) is 11.1. The van der Waals surface area contributed by atoms with Crippen molar-refractivity contribution < 1.29 is 14.0 Å². The summed E-state index contributed by atoms with van der Waals surface area (Å²) in [4.78, 5) is 6.62. The monoisotopic (exact) mass is 255 g/mol. The maximum absolute atomic E-state index is 5.27. The molecular weight excluding hydrogens is 234 g/mol. The molecule has 0 aliphatic heterocycles. The molecule has 0 radical (unpaired) electrons.